The second-order valence-electron chi connectivity index (χ2n) is 6.08. The highest BCUT2D eigenvalue weighted by atomic mass is 16.3. The number of rotatable bonds is 5. The summed E-state index contributed by atoms with van der Waals surface area (Å²) in [6.45, 7) is 4.18. The van der Waals surface area contributed by atoms with Gasteiger partial charge in [-0.2, -0.15) is 5.10 Å². The smallest absolute Gasteiger partial charge is 0.274 e. The van der Waals surface area contributed by atoms with Gasteiger partial charge in [-0.3, -0.25) is 14.3 Å². The quantitative estimate of drug-likeness (QED) is 0.739. The molecule has 0 unspecified atom stereocenters. The molecule has 7 heteroatoms. The van der Waals surface area contributed by atoms with Crippen molar-refractivity contribution in [1.82, 2.24) is 15.1 Å². The van der Waals surface area contributed by atoms with E-state index in [9.17, 15) is 9.59 Å². The number of amides is 2. The number of nitrogens with one attached hydrogen (secondary N) is 2. The van der Waals surface area contributed by atoms with Crippen LogP contribution >= 0.6 is 0 Å². The molecule has 0 fully saturated rings. The Kier molecular flexibility index (Phi) is 4.88. The van der Waals surface area contributed by atoms with Crippen LogP contribution in [0, 0.1) is 13.8 Å². The monoisotopic (exact) mass is 352 g/mol. The number of nitrogens with zero attached hydrogens (tertiary/aromatic N) is 2. The summed E-state index contributed by atoms with van der Waals surface area (Å²) in [7, 11) is 1.69. The average molecular weight is 352 g/mol. The Morgan fingerprint density at radius 1 is 1.15 bits per heavy atom. The number of hydrogen-bond acceptors (Lipinski definition) is 4. The minimum Gasteiger partial charge on any atom is -0.467 e. The van der Waals surface area contributed by atoms with Gasteiger partial charge >= 0.3 is 0 Å². The fourth-order valence-electron chi connectivity index (χ4n) is 2.49. The van der Waals surface area contributed by atoms with E-state index in [4.69, 9.17) is 4.42 Å². The number of hydrogen-bond donors (Lipinski definition) is 2. The van der Waals surface area contributed by atoms with Crippen molar-refractivity contribution < 1.29 is 14.0 Å². The van der Waals surface area contributed by atoms with Crippen LogP contribution in [0.1, 0.15) is 37.7 Å². The van der Waals surface area contributed by atoms with Gasteiger partial charge in [-0.25, -0.2) is 0 Å². The van der Waals surface area contributed by atoms with E-state index >= 15 is 0 Å². The van der Waals surface area contributed by atoms with E-state index in [1.54, 1.807) is 31.4 Å². The lowest BCUT2D eigenvalue weighted by molar-refractivity contribution is 0.0943. The van der Waals surface area contributed by atoms with Crippen LogP contribution in [0.25, 0.3) is 0 Å². The molecule has 2 heterocycles. The maximum atomic E-state index is 12.5. The molecule has 0 saturated heterocycles. The van der Waals surface area contributed by atoms with Crippen LogP contribution in [-0.2, 0) is 13.6 Å². The van der Waals surface area contributed by atoms with E-state index in [2.05, 4.69) is 15.7 Å². The predicted octanol–water partition coefficient (Wildman–Crippen LogP) is 2.81. The average Bonchev–Trinajstić information content (AvgIpc) is 3.24. The molecule has 0 aliphatic heterocycles. The van der Waals surface area contributed by atoms with Gasteiger partial charge in [0.15, 0.2) is 5.69 Å². The highest BCUT2D eigenvalue weighted by Gasteiger charge is 2.19. The van der Waals surface area contributed by atoms with Gasteiger partial charge in [-0.05, 0) is 49.2 Å². The molecule has 0 radical (unpaired) electrons. The summed E-state index contributed by atoms with van der Waals surface area (Å²) < 4.78 is 6.67. The van der Waals surface area contributed by atoms with Crippen LogP contribution in [-0.4, -0.2) is 21.6 Å². The first kappa shape index (κ1) is 17.5. The Bertz CT molecular complexity index is 942. The Labute approximate surface area is 151 Å². The van der Waals surface area contributed by atoms with E-state index < -0.39 is 5.91 Å². The molecular weight excluding hydrogens is 332 g/mol. The summed E-state index contributed by atoms with van der Waals surface area (Å²) in [6.07, 6.45) is 3.14. The Hall–Kier alpha value is -3.35. The van der Waals surface area contributed by atoms with Gasteiger partial charge < -0.3 is 15.1 Å². The molecule has 1 aromatic carbocycles. The number of anilines is 1. The zero-order chi connectivity index (χ0) is 18.7. The van der Waals surface area contributed by atoms with Crippen molar-refractivity contribution in [2.75, 3.05) is 5.32 Å². The second kappa shape index (κ2) is 7.26. The molecule has 0 aliphatic rings. The number of furan rings is 1. The van der Waals surface area contributed by atoms with Gasteiger partial charge in [0.25, 0.3) is 11.8 Å². The summed E-state index contributed by atoms with van der Waals surface area (Å²) in [6, 6.07) is 8.98. The van der Waals surface area contributed by atoms with Crippen LogP contribution in [0.3, 0.4) is 0 Å². The fraction of sp³-hybridized carbons (Fsp3) is 0.211. The number of carbonyl (C=O) groups excluding carboxylic acids is 2. The first-order valence-electron chi connectivity index (χ1n) is 8.17. The minimum atomic E-state index is -0.391. The van der Waals surface area contributed by atoms with E-state index in [0.717, 1.165) is 11.1 Å². The summed E-state index contributed by atoms with van der Waals surface area (Å²) in [5, 5.41) is 9.63. The minimum absolute atomic E-state index is 0.149. The second-order valence-corrected chi connectivity index (χ2v) is 6.08. The first-order valence-corrected chi connectivity index (χ1v) is 8.17. The molecule has 0 spiro atoms. The molecule has 134 valence electrons. The van der Waals surface area contributed by atoms with Crippen molar-refractivity contribution in [1.29, 1.82) is 0 Å². The molecule has 2 N–H and O–H groups in total. The van der Waals surface area contributed by atoms with Crippen molar-refractivity contribution in [3.05, 3.63) is 70.9 Å². The molecule has 0 saturated carbocycles. The fourth-order valence-corrected chi connectivity index (χ4v) is 2.49. The molecule has 7 nitrogen and oxygen atoms in total. The van der Waals surface area contributed by atoms with E-state index in [1.807, 2.05) is 26.0 Å². The largest absolute Gasteiger partial charge is 0.467 e. The molecule has 3 aromatic rings. The molecule has 0 bridgehead atoms. The predicted molar refractivity (Wildman–Crippen MR) is 97.0 cm³/mol. The summed E-state index contributed by atoms with van der Waals surface area (Å²) in [5.74, 6) is -0.0476. The van der Waals surface area contributed by atoms with Gasteiger partial charge in [0.2, 0.25) is 0 Å². The van der Waals surface area contributed by atoms with Crippen LogP contribution in [0.15, 0.2) is 47.2 Å². The number of aromatic nitrogens is 2. The topological polar surface area (TPSA) is 89.2 Å². The molecule has 0 aliphatic carbocycles. The van der Waals surface area contributed by atoms with E-state index in [1.165, 1.54) is 10.9 Å². The normalized spacial score (nSPS) is 10.6. The molecule has 3 rings (SSSR count). The third-order valence-corrected chi connectivity index (χ3v) is 4.06. The zero-order valence-electron chi connectivity index (χ0n) is 14.9. The highest BCUT2D eigenvalue weighted by Crippen LogP contribution is 2.16. The molecule has 26 heavy (non-hydrogen) atoms. The first-order chi connectivity index (χ1) is 12.4. The van der Waals surface area contributed by atoms with Gasteiger partial charge in [0.1, 0.15) is 5.76 Å². The van der Waals surface area contributed by atoms with Crippen molar-refractivity contribution in [3.8, 4) is 0 Å². The van der Waals surface area contributed by atoms with E-state index in [-0.39, 0.29) is 18.1 Å². The van der Waals surface area contributed by atoms with Gasteiger partial charge in [-0.1, -0.05) is 6.07 Å². The Balaban J connectivity index is 1.74. The van der Waals surface area contributed by atoms with Crippen LogP contribution < -0.4 is 10.6 Å². The lowest BCUT2D eigenvalue weighted by Gasteiger charge is -2.07. The van der Waals surface area contributed by atoms with E-state index in [0.29, 0.717) is 17.0 Å². The lowest BCUT2D eigenvalue weighted by atomic mass is 10.1. The number of aryl methyl sites for hydroxylation is 3. The zero-order valence-corrected chi connectivity index (χ0v) is 14.9. The van der Waals surface area contributed by atoms with Crippen LogP contribution in [0.5, 0.6) is 0 Å². The summed E-state index contributed by atoms with van der Waals surface area (Å²) in [4.78, 5) is 24.9. The van der Waals surface area contributed by atoms with Crippen molar-refractivity contribution in [2.24, 2.45) is 7.05 Å². The SMILES string of the molecule is Cc1ccc(C(=O)Nc2cn(C)nc2C(=O)NCc2ccco2)cc1C. The standard InChI is InChI=1S/C19H20N4O3/c1-12-6-7-14(9-13(12)2)18(24)21-16-11-23(3)22-17(16)19(25)20-10-15-5-4-8-26-15/h4-9,11H,10H2,1-3H3,(H,20,25)(H,21,24). The van der Waals surface area contributed by atoms with Crippen molar-refractivity contribution in [3.63, 3.8) is 0 Å². The molecule has 0 atom stereocenters. The van der Waals surface area contributed by atoms with Crippen molar-refractivity contribution >= 4 is 17.5 Å². The molecule has 2 amide bonds. The third kappa shape index (κ3) is 3.83. The summed E-state index contributed by atoms with van der Waals surface area (Å²) in [5.41, 5.74) is 3.17. The number of carbonyl (C=O) groups is 2. The highest BCUT2D eigenvalue weighted by molar-refractivity contribution is 6.08. The lowest BCUT2D eigenvalue weighted by Crippen LogP contribution is -2.25. The molecule has 2 aromatic heterocycles. The Morgan fingerprint density at radius 3 is 2.65 bits per heavy atom. The van der Waals surface area contributed by atoms with Crippen LogP contribution in [0.4, 0.5) is 5.69 Å². The Morgan fingerprint density at radius 2 is 1.96 bits per heavy atom. The maximum Gasteiger partial charge on any atom is 0.274 e. The number of benzene rings is 1. The summed E-state index contributed by atoms with van der Waals surface area (Å²) >= 11 is 0. The van der Waals surface area contributed by atoms with Gasteiger partial charge in [0, 0.05) is 18.8 Å². The molecular formula is C19H20N4O3. The van der Waals surface area contributed by atoms with Crippen LogP contribution in [0.2, 0.25) is 0 Å². The maximum absolute atomic E-state index is 12.5. The van der Waals surface area contributed by atoms with Gasteiger partial charge in [-0.15, -0.1) is 0 Å². The van der Waals surface area contributed by atoms with Crippen molar-refractivity contribution in [2.45, 2.75) is 20.4 Å². The third-order valence-electron chi connectivity index (χ3n) is 4.06. The van der Waals surface area contributed by atoms with Gasteiger partial charge in [0.05, 0.1) is 18.5 Å².